The highest BCUT2D eigenvalue weighted by Gasteiger charge is 2.21. The van der Waals surface area contributed by atoms with Gasteiger partial charge in [-0.3, -0.25) is 9.69 Å². The summed E-state index contributed by atoms with van der Waals surface area (Å²) in [6.07, 6.45) is 4.18. The summed E-state index contributed by atoms with van der Waals surface area (Å²) in [5.74, 6) is 0.398. The number of likely N-dealkylation sites (tertiary alicyclic amines) is 1. The van der Waals surface area contributed by atoms with Crippen molar-refractivity contribution >= 4 is 22.4 Å². The molecule has 0 spiro atoms. The quantitative estimate of drug-likeness (QED) is 0.870. The molecule has 1 aromatic heterocycles. The molecule has 7 heteroatoms. The van der Waals surface area contributed by atoms with Crippen molar-refractivity contribution in [1.82, 2.24) is 9.88 Å². The molecule has 1 unspecified atom stereocenters. The lowest BCUT2D eigenvalue weighted by Crippen LogP contribution is -2.42. The first-order chi connectivity index (χ1) is 11.7. The van der Waals surface area contributed by atoms with Crippen LogP contribution in [0.15, 0.2) is 35.8 Å². The fourth-order valence-corrected chi connectivity index (χ4v) is 3.29. The standard InChI is InChI=1S/C17H20FN3O2S/c18-13-3-5-14(6-4-13)23-15-2-1-9-21(12-15)10-7-16(22)20-17-19-8-11-24-17/h3-6,8,11,15H,1-2,7,9-10,12H2,(H,19,20,22). The fraction of sp³-hybridized carbons (Fsp3) is 0.412. The van der Waals surface area contributed by atoms with Gasteiger partial charge >= 0.3 is 0 Å². The predicted octanol–water partition coefficient (Wildman–Crippen LogP) is 3.15. The van der Waals surface area contributed by atoms with Crippen LogP contribution in [0.2, 0.25) is 0 Å². The number of aromatic nitrogens is 1. The van der Waals surface area contributed by atoms with E-state index >= 15 is 0 Å². The van der Waals surface area contributed by atoms with Crippen LogP contribution in [0, 0.1) is 5.82 Å². The van der Waals surface area contributed by atoms with Crippen molar-refractivity contribution in [2.75, 3.05) is 25.0 Å². The van der Waals surface area contributed by atoms with Crippen LogP contribution in [0.5, 0.6) is 5.75 Å². The number of halogens is 1. The molecule has 0 bridgehead atoms. The van der Waals surface area contributed by atoms with Crippen LogP contribution >= 0.6 is 11.3 Å². The summed E-state index contributed by atoms with van der Waals surface area (Å²) in [4.78, 5) is 18.2. The highest BCUT2D eigenvalue weighted by atomic mass is 32.1. The molecular weight excluding hydrogens is 329 g/mol. The number of thiazole rings is 1. The van der Waals surface area contributed by atoms with Crippen LogP contribution in [0.25, 0.3) is 0 Å². The minimum Gasteiger partial charge on any atom is -0.489 e. The molecule has 1 aliphatic heterocycles. The lowest BCUT2D eigenvalue weighted by Gasteiger charge is -2.32. The van der Waals surface area contributed by atoms with Gasteiger partial charge in [0.1, 0.15) is 17.7 Å². The molecule has 2 heterocycles. The SMILES string of the molecule is O=C(CCN1CCCC(Oc2ccc(F)cc2)C1)Nc1nccs1. The first-order valence-electron chi connectivity index (χ1n) is 8.03. The summed E-state index contributed by atoms with van der Waals surface area (Å²) >= 11 is 1.41. The minimum atomic E-state index is -0.265. The summed E-state index contributed by atoms with van der Waals surface area (Å²) in [5.41, 5.74) is 0. The normalized spacial score (nSPS) is 18.3. The Morgan fingerprint density at radius 2 is 2.25 bits per heavy atom. The number of carbonyl (C=O) groups excluding carboxylic acids is 1. The largest absolute Gasteiger partial charge is 0.489 e. The van der Waals surface area contributed by atoms with Gasteiger partial charge in [0.2, 0.25) is 5.91 Å². The second-order valence-electron chi connectivity index (χ2n) is 5.77. The number of anilines is 1. The third kappa shape index (κ3) is 5.01. The third-order valence-corrected chi connectivity index (χ3v) is 4.60. The van der Waals surface area contributed by atoms with Crippen LogP contribution in [-0.2, 0) is 4.79 Å². The molecule has 1 atom stereocenters. The number of carbonyl (C=O) groups is 1. The van der Waals surface area contributed by atoms with E-state index in [0.717, 1.165) is 25.9 Å². The number of hydrogen-bond donors (Lipinski definition) is 1. The van der Waals surface area contributed by atoms with E-state index in [4.69, 9.17) is 4.74 Å². The zero-order valence-electron chi connectivity index (χ0n) is 13.3. The fourth-order valence-electron chi connectivity index (χ4n) is 2.74. The molecular formula is C17H20FN3O2S. The highest BCUT2D eigenvalue weighted by molar-refractivity contribution is 7.13. The van der Waals surface area contributed by atoms with Crippen molar-refractivity contribution in [3.63, 3.8) is 0 Å². The Hall–Kier alpha value is -1.99. The number of ether oxygens (including phenoxy) is 1. The van der Waals surface area contributed by atoms with Gasteiger partial charge in [0.05, 0.1) is 0 Å². The zero-order valence-corrected chi connectivity index (χ0v) is 14.1. The van der Waals surface area contributed by atoms with E-state index in [1.807, 2.05) is 5.38 Å². The van der Waals surface area contributed by atoms with Gasteiger partial charge in [-0.2, -0.15) is 0 Å². The van der Waals surface area contributed by atoms with Gasteiger partial charge in [-0.15, -0.1) is 11.3 Å². The summed E-state index contributed by atoms with van der Waals surface area (Å²) in [6, 6.07) is 6.10. The first-order valence-corrected chi connectivity index (χ1v) is 8.91. The van der Waals surface area contributed by atoms with Crippen LogP contribution < -0.4 is 10.1 Å². The molecule has 1 aromatic carbocycles. The van der Waals surface area contributed by atoms with E-state index < -0.39 is 0 Å². The maximum Gasteiger partial charge on any atom is 0.227 e. The first kappa shape index (κ1) is 16.9. The number of piperidine rings is 1. The molecule has 1 fully saturated rings. The summed E-state index contributed by atoms with van der Waals surface area (Å²) < 4.78 is 18.8. The number of amides is 1. The summed E-state index contributed by atoms with van der Waals surface area (Å²) in [5, 5.41) is 5.26. The second-order valence-corrected chi connectivity index (χ2v) is 6.67. The topological polar surface area (TPSA) is 54.5 Å². The average Bonchev–Trinajstić information content (AvgIpc) is 3.08. The Kier molecular flexibility index (Phi) is 5.77. The monoisotopic (exact) mass is 349 g/mol. The number of rotatable bonds is 6. The Bertz CT molecular complexity index is 648. The van der Waals surface area contributed by atoms with Crippen molar-refractivity contribution in [3.05, 3.63) is 41.7 Å². The van der Waals surface area contributed by atoms with Gasteiger partial charge in [-0.05, 0) is 43.7 Å². The molecule has 24 heavy (non-hydrogen) atoms. The Morgan fingerprint density at radius 1 is 1.42 bits per heavy atom. The number of nitrogens with zero attached hydrogens (tertiary/aromatic N) is 2. The van der Waals surface area contributed by atoms with Gasteiger partial charge in [0.25, 0.3) is 0 Å². The van der Waals surface area contributed by atoms with E-state index in [1.54, 1.807) is 18.3 Å². The van der Waals surface area contributed by atoms with E-state index in [-0.39, 0.29) is 17.8 Å². The molecule has 3 rings (SSSR count). The van der Waals surface area contributed by atoms with Crippen LogP contribution in [0.4, 0.5) is 9.52 Å². The van der Waals surface area contributed by atoms with E-state index in [1.165, 1.54) is 23.5 Å². The molecule has 1 saturated heterocycles. The smallest absolute Gasteiger partial charge is 0.227 e. The van der Waals surface area contributed by atoms with Crippen LogP contribution in [0.1, 0.15) is 19.3 Å². The maximum absolute atomic E-state index is 12.9. The van der Waals surface area contributed by atoms with E-state index in [2.05, 4.69) is 15.2 Å². The predicted molar refractivity (Wildman–Crippen MR) is 91.9 cm³/mol. The number of nitrogens with one attached hydrogen (secondary N) is 1. The molecule has 128 valence electrons. The van der Waals surface area contributed by atoms with Crippen LogP contribution in [0.3, 0.4) is 0 Å². The van der Waals surface area contributed by atoms with Gasteiger partial charge in [-0.1, -0.05) is 0 Å². The molecule has 1 amide bonds. The summed E-state index contributed by atoms with van der Waals surface area (Å²) in [7, 11) is 0. The minimum absolute atomic E-state index is 0.0217. The molecule has 5 nitrogen and oxygen atoms in total. The van der Waals surface area contributed by atoms with Crippen molar-refractivity contribution in [1.29, 1.82) is 0 Å². The Morgan fingerprint density at radius 3 is 3.00 bits per heavy atom. The zero-order chi connectivity index (χ0) is 16.8. The van der Waals surface area contributed by atoms with Gasteiger partial charge in [0, 0.05) is 31.1 Å². The number of benzene rings is 1. The lowest BCUT2D eigenvalue weighted by atomic mass is 10.1. The van der Waals surface area contributed by atoms with E-state index in [0.29, 0.717) is 23.8 Å². The van der Waals surface area contributed by atoms with Gasteiger partial charge in [0.15, 0.2) is 5.13 Å². The van der Waals surface area contributed by atoms with Gasteiger partial charge in [-0.25, -0.2) is 9.37 Å². The van der Waals surface area contributed by atoms with Crippen molar-refractivity contribution < 1.29 is 13.9 Å². The molecule has 0 radical (unpaired) electrons. The third-order valence-electron chi connectivity index (χ3n) is 3.91. The highest BCUT2D eigenvalue weighted by Crippen LogP contribution is 2.19. The second kappa shape index (κ2) is 8.21. The van der Waals surface area contributed by atoms with Crippen molar-refractivity contribution in [2.45, 2.75) is 25.4 Å². The molecule has 0 aliphatic carbocycles. The molecule has 1 aliphatic rings. The summed E-state index contributed by atoms with van der Waals surface area (Å²) in [6.45, 7) is 2.44. The molecule has 1 N–H and O–H groups in total. The Balaban J connectivity index is 1.43. The lowest BCUT2D eigenvalue weighted by molar-refractivity contribution is -0.116. The van der Waals surface area contributed by atoms with Gasteiger partial charge < -0.3 is 10.1 Å². The number of hydrogen-bond acceptors (Lipinski definition) is 5. The van der Waals surface area contributed by atoms with E-state index in [9.17, 15) is 9.18 Å². The van der Waals surface area contributed by atoms with Crippen molar-refractivity contribution in [3.8, 4) is 5.75 Å². The van der Waals surface area contributed by atoms with Crippen molar-refractivity contribution in [2.24, 2.45) is 0 Å². The average molecular weight is 349 g/mol. The molecule has 2 aromatic rings. The van der Waals surface area contributed by atoms with Crippen LogP contribution in [-0.4, -0.2) is 41.5 Å². The maximum atomic E-state index is 12.9. The Labute approximate surface area is 144 Å². The molecule has 0 saturated carbocycles.